The van der Waals surface area contributed by atoms with Crippen LogP contribution in [-0.4, -0.2) is 10.5 Å². The average molecular weight is 293 g/mol. The normalized spacial score (nSPS) is 22.7. The van der Waals surface area contributed by atoms with E-state index in [-0.39, 0.29) is 0 Å². The molecule has 5 heteroatoms. The second-order valence-corrected chi connectivity index (χ2v) is 5.46. The summed E-state index contributed by atoms with van der Waals surface area (Å²) >= 11 is 11.4. The Labute approximate surface area is 113 Å². The lowest BCUT2D eigenvalue weighted by atomic mass is 9.91. The van der Waals surface area contributed by atoms with Crippen LogP contribution in [0.15, 0.2) is 48.6 Å². The largest absolute Gasteiger partial charge is 0.398 e. The molecule has 1 aliphatic rings. The van der Waals surface area contributed by atoms with E-state index in [0.717, 1.165) is 6.08 Å². The average Bonchev–Trinajstić information content (AvgIpc) is 2.28. The maximum Gasteiger partial charge on any atom is 0.398 e. The summed E-state index contributed by atoms with van der Waals surface area (Å²) in [6, 6.07) is 8.79. The van der Waals surface area contributed by atoms with E-state index in [4.69, 9.17) is 23.2 Å². The van der Waals surface area contributed by atoms with Gasteiger partial charge in [0.2, 0.25) is 0 Å². The van der Waals surface area contributed by atoms with Crippen LogP contribution in [0.3, 0.4) is 0 Å². The molecule has 0 spiro atoms. The summed E-state index contributed by atoms with van der Waals surface area (Å²) in [5, 5.41) is 0. The zero-order chi connectivity index (χ0) is 13.4. The number of hydrogen-bond acceptors (Lipinski definition) is 0. The first kappa shape index (κ1) is 13.5. The fourth-order valence-corrected chi connectivity index (χ4v) is 2.29. The summed E-state index contributed by atoms with van der Waals surface area (Å²) in [7, 11) is 0. The van der Waals surface area contributed by atoms with Crippen LogP contribution in [0.2, 0.25) is 0 Å². The Morgan fingerprint density at radius 2 is 1.67 bits per heavy atom. The van der Waals surface area contributed by atoms with Crippen LogP contribution in [0.4, 0.5) is 13.2 Å². The first-order valence-electron chi connectivity index (χ1n) is 5.22. The molecule has 0 bridgehead atoms. The lowest BCUT2D eigenvalue weighted by molar-refractivity contribution is -0.161. The van der Waals surface area contributed by atoms with Crippen LogP contribution in [0.25, 0.3) is 5.57 Å². The number of allylic oxidation sites excluding steroid dienone is 4. The Balaban J connectivity index is 2.41. The summed E-state index contributed by atoms with van der Waals surface area (Å²) in [5.41, 5.74) is 1.17. The molecule has 0 fully saturated rings. The van der Waals surface area contributed by atoms with Crippen molar-refractivity contribution in [2.24, 2.45) is 5.92 Å². The summed E-state index contributed by atoms with van der Waals surface area (Å²) < 4.78 is 36.7. The quantitative estimate of drug-likeness (QED) is 0.640. The first-order valence-corrected chi connectivity index (χ1v) is 5.97. The van der Waals surface area contributed by atoms with Crippen LogP contribution in [0, 0.1) is 5.92 Å². The van der Waals surface area contributed by atoms with Gasteiger partial charge in [0.05, 0.1) is 0 Å². The fraction of sp³-hybridized carbons (Fsp3) is 0.231. The van der Waals surface area contributed by atoms with Crippen molar-refractivity contribution < 1.29 is 13.2 Å². The summed E-state index contributed by atoms with van der Waals surface area (Å²) in [5.74, 6) is -1.91. The molecule has 0 amide bonds. The van der Waals surface area contributed by atoms with Gasteiger partial charge in [0.1, 0.15) is 5.92 Å². The van der Waals surface area contributed by atoms with Gasteiger partial charge in [-0.1, -0.05) is 65.7 Å². The van der Waals surface area contributed by atoms with Gasteiger partial charge in [-0.05, 0) is 17.2 Å². The maximum atomic E-state index is 12.9. The van der Waals surface area contributed by atoms with Gasteiger partial charge in [-0.2, -0.15) is 13.2 Å². The minimum atomic E-state index is -4.48. The van der Waals surface area contributed by atoms with E-state index in [1.165, 1.54) is 12.2 Å². The molecule has 0 nitrogen and oxygen atoms in total. The van der Waals surface area contributed by atoms with E-state index in [0.29, 0.717) is 11.1 Å². The smallest absolute Gasteiger partial charge is 0.170 e. The molecule has 1 aromatic carbocycles. The van der Waals surface area contributed by atoms with Crippen LogP contribution < -0.4 is 0 Å². The van der Waals surface area contributed by atoms with E-state index < -0.39 is 16.4 Å². The Morgan fingerprint density at radius 1 is 1.06 bits per heavy atom. The van der Waals surface area contributed by atoms with Crippen molar-refractivity contribution in [1.29, 1.82) is 0 Å². The Bertz CT molecular complexity index is 487. The zero-order valence-corrected chi connectivity index (χ0v) is 10.6. The van der Waals surface area contributed by atoms with Crippen molar-refractivity contribution in [3.8, 4) is 0 Å². The lowest BCUT2D eigenvalue weighted by Crippen LogP contribution is -2.36. The second kappa shape index (κ2) is 4.63. The molecule has 0 aromatic heterocycles. The standard InChI is InChI=1S/C13H9Cl2F3/c14-12(15)7-6-10(8-11(12)13(16,17)18)9-4-2-1-3-5-9/h1-8,11H. The van der Waals surface area contributed by atoms with Crippen molar-refractivity contribution >= 4 is 28.8 Å². The predicted molar refractivity (Wildman–Crippen MR) is 67.5 cm³/mol. The summed E-state index contributed by atoms with van der Waals surface area (Å²) in [4.78, 5) is 0. The molecule has 1 aromatic rings. The molecule has 0 aliphatic heterocycles. The number of alkyl halides is 5. The van der Waals surface area contributed by atoms with Crippen molar-refractivity contribution in [3.63, 3.8) is 0 Å². The minimum absolute atomic E-state index is 0.467. The van der Waals surface area contributed by atoms with E-state index in [1.54, 1.807) is 30.3 Å². The van der Waals surface area contributed by atoms with Gasteiger partial charge >= 0.3 is 6.18 Å². The Kier molecular flexibility index (Phi) is 3.47. The highest BCUT2D eigenvalue weighted by Gasteiger charge is 2.51. The molecule has 1 aliphatic carbocycles. The van der Waals surface area contributed by atoms with Gasteiger partial charge in [0.25, 0.3) is 0 Å². The monoisotopic (exact) mass is 292 g/mol. The summed E-state index contributed by atoms with van der Waals surface area (Å²) in [6.07, 6.45) is -0.724. The highest BCUT2D eigenvalue weighted by molar-refractivity contribution is 6.50. The van der Waals surface area contributed by atoms with Gasteiger partial charge in [-0.15, -0.1) is 0 Å². The third-order valence-electron chi connectivity index (χ3n) is 2.71. The highest BCUT2D eigenvalue weighted by atomic mass is 35.5. The first-order chi connectivity index (χ1) is 8.31. The predicted octanol–water partition coefficient (Wildman–Crippen LogP) is 4.99. The van der Waals surface area contributed by atoms with Crippen LogP contribution in [-0.2, 0) is 0 Å². The van der Waals surface area contributed by atoms with Crippen LogP contribution in [0.5, 0.6) is 0 Å². The number of benzene rings is 1. The molecule has 2 rings (SSSR count). The molecule has 0 radical (unpaired) electrons. The van der Waals surface area contributed by atoms with Gasteiger partial charge < -0.3 is 0 Å². The van der Waals surface area contributed by atoms with Gasteiger partial charge in [0.15, 0.2) is 4.33 Å². The van der Waals surface area contributed by atoms with Crippen molar-refractivity contribution in [2.75, 3.05) is 0 Å². The molecular weight excluding hydrogens is 284 g/mol. The second-order valence-electron chi connectivity index (χ2n) is 4.02. The molecule has 1 atom stereocenters. The molecule has 0 N–H and O–H groups in total. The van der Waals surface area contributed by atoms with Crippen LogP contribution in [0.1, 0.15) is 5.56 Å². The molecule has 96 valence electrons. The Hall–Kier alpha value is -0.930. The molecule has 0 heterocycles. The number of halogens is 5. The van der Waals surface area contributed by atoms with E-state index >= 15 is 0 Å². The van der Waals surface area contributed by atoms with Gasteiger partial charge in [-0.25, -0.2) is 0 Å². The lowest BCUT2D eigenvalue weighted by Gasteiger charge is -2.30. The third kappa shape index (κ3) is 2.73. The molecule has 0 saturated heterocycles. The van der Waals surface area contributed by atoms with Gasteiger partial charge in [-0.3, -0.25) is 0 Å². The van der Waals surface area contributed by atoms with E-state index in [9.17, 15) is 13.2 Å². The summed E-state index contributed by atoms with van der Waals surface area (Å²) in [6.45, 7) is 0. The number of rotatable bonds is 1. The highest BCUT2D eigenvalue weighted by Crippen LogP contribution is 2.47. The fourth-order valence-electron chi connectivity index (χ4n) is 1.79. The van der Waals surface area contributed by atoms with E-state index in [1.807, 2.05) is 0 Å². The SMILES string of the molecule is FC(F)(F)C1C=C(c2ccccc2)C=CC1(Cl)Cl. The van der Waals surface area contributed by atoms with Crippen molar-refractivity contribution in [3.05, 3.63) is 54.1 Å². The van der Waals surface area contributed by atoms with E-state index in [2.05, 4.69) is 0 Å². The zero-order valence-electron chi connectivity index (χ0n) is 9.09. The third-order valence-corrected chi connectivity index (χ3v) is 3.43. The van der Waals surface area contributed by atoms with Crippen molar-refractivity contribution in [1.82, 2.24) is 0 Å². The van der Waals surface area contributed by atoms with Crippen molar-refractivity contribution in [2.45, 2.75) is 10.5 Å². The topological polar surface area (TPSA) is 0 Å². The Morgan fingerprint density at radius 3 is 2.22 bits per heavy atom. The maximum absolute atomic E-state index is 12.9. The van der Waals surface area contributed by atoms with Gasteiger partial charge in [0, 0.05) is 0 Å². The molecule has 1 unspecified atom stereocenters. The number of hydrogen-bond donors (Lipinski definition) is 0. The molecular formula is C13H9Cl2F3. The van der Waals surface area contributed by atoms with Crippen LogP contribution >= 0.6 is 23.2 Å². The minimum Gasteiger partial charge on any atom is -0.170 e. The molecule has 0 saturated carbocycles. The molecule has 18 heavy (non-hydrogen) atoms.